The summed E-state index contributed by atoms with van der Waals surface area (Å²) in [6, 6.07) is 9.87. The van der Waals surface area contributed by atoms with Crippen LogP contribution in [0.1, 0.15) is 45.1 Å². The number of aromatic nitrogens is 2. The van der Waals surface area contributed by atoms with Crippen molar-refractivity contribution in [2.24, 2.45) is 0 Å². The molecule has 0 saturated heterocycles. The van der Waals surface area contributed by atoms with Gasteiger partial charge in [-0.3, -0.25) is 14.3 Å². The Kier molecular flexibility index (Phi) is 8.25. The fraction of sp³-hybridized carbons (Fsp3) is 0.450. The first kappa shape index (κ1) is 21.7. The van der Waals surface area contributed by atoms with Crippen molar-refractivity contribution >= 4 is 28.8 Å². The standard InChI is InChI=1S/C20H29N5O2S/c1-3-5-12-24(20(28)22-14-15-10-8-7-9-11-15)16-17(21)25(13-6-4-2)19(27)23-18(16)26/h7-11H,3-6,12-14,21H2,1-2H3,(H,22,28)(H,23,26,27). The minimum absolute atomic E-state index is 0.155. The maximum absolute atomic E-state index is 12.6. The molecule has 0 radical (unpaired) electrons. The molecule has 0 spiro atoms. The number of H-pyrrole nitrogens is 1. The third-order valence-corrected chi connectivity index (χ3v) is 4.85. The molecule has 1 aromatic heterocycles. The predicted molar refractivity (Wildman–Crippen MR) is 119 cm³/mol. The van der Waals surface area contributed by atoms with E-state index in [-0.39, 0.29) is 11.5 Å². The summed E-state index contributed by atoms with van der Waals surface area (Å²) in [6.45, 7) is 5.63. The molecule has 7 nitrogen and oxygen atoms in total. The Morgan fingerprint density at radius 1 is 1.18 bits per heavy atom. The van der Waals surface area contributed by atoms with Crippen molar-refractivity contribution in [2.75, 3.05) is 17.2 Å². The quantitative estimate of drug-likeness (QED) is 0.557. The van der Waals surface area contributed by atoms with Gasteiger partial charge in [-0.1, -0.05) is 57.0 Å². The number of nitrogen functional groups attached to an aromatic ring is 1. The van der Waals surface area contributed by atoms with Gasteiger partial charge in [0, 0.05) is 19.6 Å². The summed E-state index contributed by atoms with van der Waals surface area (Å²) >= 11 is 5.57. The Bertz CT molecular complexity index is 892. The van der Waals surface area contributed by atoms with E-state index in [1.165, 1.54) is 4.57 Å². The molecule has 0 saturated carbocycles. The number of nitrogens with zero attached hydrogens (tertiary/aromatic N) is 2. The Labute approximate surface area is 170 Å². The third-order valence-electron chi connectivity index (χ3n) is 4.49. The van der Waals surface area contributed by atoms with Crippen LogP contribution < -0.4 is 27.2 Å². The first-order valence-corrected chi connectivity index (χ1v) is 10.1. The van der Waals surface area contributed by atoms with E-state index in [1.54, 1.807) is 4.90 Å². The second kappa shape index (κ2) is 10.7. The molecule has 0 amide bonds. The number of thiocarbonyl (C=S) groups is 1. The average molecular weight is 404 g/mol. The lowest BCUT2D eigenvalue weighted by Gasteiger charge is -2.27. The molecule has 0 fully saturated rings. The van der Waals surface area contributed by atoms with Crippen molar-refractivity contribution in [3.63, 3.8) is 0 Å². The number of nitrogens with two attached hydrogens (primary N) is 1. The smallest absolute Gasteiger partial charge is 0.330 e. The van der Waals surface area contributed by atoms with Crippen molar-refractivity contribution in [3.8, 4) is 0 Å². The maximum Gasteiger partial charge on any atom is 0.330 e. The fourth-order valence-corrected chi connectivity index (χ4v) is 3.13. The molecule has 0 unspecified atom stereocenters. The molecule has 1 aromatic carbocycles. The van der Waals surface area contributed by atoms with Crippen LogP contribution in [-0.2, 0) is 13.1 Å². The summed E-state index contributed by atoms with van der Waals surface area (Å²) in [5.74, 6) is 0.155. The Hall–Kier alpha value is -2.61. The van der Waals surface area contributed by atoms with Gasteiger partial charge in [0.15, 0.2) is 10.8 Å². The van der Waals surface area contributed by atoms with E-state index in [0.29, 0.717) is 24.7 Å². The highest BCUT2D eigenvalue weighted by atomic mass is 32.1. The molecule has 8 heteroatoms. The largest absolute Gasteiger partial charge is 0.383 e. The molecule has 4 N–H and O–H groups in total. The number of unbranched alkanes of at least 4 members (excludes halogenated alkanes) is 2. The summed E-state index contributed by atoms with van der Waals surface area (Å²) in [5, 5.41) is 3.61. The zero-order valence-corrected chi connectivity index (χ0v) is 17.3. The normalized spacial score (nSPS) is 10.6. The molecule has 0 aliphatic carbocycles. The highest BCUT2D eigenvalue weighted by Gasteiger charge is 2.21. The van der Waals surface area contributed by atoms with E-state index in [9.17, 15) is 9.59 Å². The van der Waals surface area contributed by atoms with Crippen LogP contribution in [0.5, 0.6) is 0 Å². The monoisotopic (exact) mass is 403 g/mol. The van der Waals surface area contributed by atoms with Gasteiger partial charge in [0.05, 0.1) is 0 Å². The Balaban J connectivity index is 2.34. The molecule has 0 aliphatic rings. The summed E-state index contributed by atoms with van der Waals surface area (Å²) in [6.07, 6.45) is 3.48. The molecular formula is C20H29N5O2S. The van der Waals surface area contributed by atoms with Gasteiger partial charge < -0.3 is 16.0 Å². The van der Waals surface area contributed by atoms with Crippen molar-refractivity contribution in [3.05, 3.63) is 56.7 Å². The van der Waals surface area contributed by atoms with Crippen LogP contribution in [0.2, 0.25) is 0 Å². The summed E-state index contributed by atoms with van der Waals surface area (Å²) in [5.41, 5.74) is 6.56. The van der Waals surface area contributed by atoms with Gasteiger partial charge in [0.1, 0.15) is 5.82 Å². The van der Waals surface area contributed by atoms with Crippen LogP contribution in [0.15, 0.2) is 39.9 Å². The number of aromatic amines is 1. The minimum Gasteiger partial charge on any atom is -0.383 e. The van der Waals surface area contributed by atoms with Gasteiger partial charge in [-0.2, -0.15) is 0 Å². The average Bonchev–Trinajstić information content (AvgIpc) is 2.69. The molecule has 0 bridgehead atoms. The number of benzene rings is 1. The number of hydrogen-bond donors (Lipinski definition) is 3. The Morgan fingerprint density at radius 2 is 1.86 bits per heavy atom. The molecule has 0 atom stereocenters. The van der Waals surface area contributed by atoms with Crippen LogP contribution >= 0.6 is 12.2 Å². The van der Waals surface area contributed by atoms with Crippen LogP contribution in [0.25, 0.3) is 0 Å². The SMILES string of the molecule is CCCCN(C(=S)NCc1ccccc1)c1c(N)n(CCCC)c(=O)[nH]c1=O. The highest BCUT2D eigenvalue weighted by Crippen LogP contribution is 2.18. The van der Waals surface area contributed by atoms with Crippen LogP contribution in [0, 0.1) is 0 Å². The molecule has 152 valence electrons. The fourth-order valence-electron chi connectivity index (χ4n) is 2.88. The topological polar surface area (TPSA) is 96.2 Å². The predicted octanol–water partition coefficient (Wildman–Crippen LogP) is 2.60. The summed E-state index contributed by atoms with van der Waals surface area (Å²) in [4.78, 5) is 28.9. The first-order chi connectivity index (χ1) is 13.5. The van der Waals surface area contributed by atoms with E-state index >= 15 is 0 Å². The number of anilines is 2. The van der Waals surface area contributed by atoms with E-state index in [2.05, 4.69) is 17.2 Å². The van der Waals surface area contributed by atoms with E-state index in [0.717, 1.165) is 31.2 Å². The van der Waals surface area contributed by atoms with Crippen LogP contribution in [0.4, 0.5) is 11.5 Å². The van der Waals surface area contributed by atoms with E-state index < -0.39 is 11.2 Å². The van der Waals surface area contributed by atoms with Crippen molar-refractivity contribution in [1.29, 1.82) is 0 Å². The van der Waals surface area contributed by atoms with E-state index in [1.807, 2.05) is 37.3 Å². The second-order valence-corrected chi connectivity index (χ2v) is 7.03. The lowest BCUT2D eigenvalue weighted by atomic mass is 10.2. The van der Waals surface area contributed by atoms with Crippen molar-refractivity contribution in [2.45, 2.75) is 52.6 Å². The minimum atomic E-state index is -0.518. The van der Waals surface area contributed by atoms with Crippen LogP contribution in [-0.4, -0.2) is 21.2 Å². The van der Waals surface area contributed by atoms with Crippen molar-refractivity contribution in [1.82, 2.24) is 14.9 Å². The molecule has 2 aromatic rings. The number of nitrogens with one attached hydrogen (secondary N) is 2. The molecule has 2 rings (SSSR count). The summed E-state index contributed by atoms with van der Waals surface area (Å²) < 4.78 is 1.42. The molecule has 1 heterocycles. The molecular weight excluding hydrogens is 374 g/mol. The molecule has 28 heavy (non-hydrogen) atoms. The maximum atomic E-state index is 12.6. The lowest BCUT2D eigenvalue weighted by Crippen LogP contribution is -2.45. The second-order valence-electron chi connectivity index (χ2n) is 6.65. The van der Waals surface area contributed by atoms with Crippen LogP contribution in [0.3, 0.4) is 0 Å². The van der Waals surface area contributed by atoms with Crippen molar-refractivity contribution < 1.29 is 0 Å². The van der Waals surface area contributed by atoms with Gasteiger partial charge in [-0.05, 0) is 30.6 Å². The molecule has 0 aliphatic heterocycles. The lowest BCUT2D eigenvalue weighted by molar-refractivity contribution is 0.604. The van der Waals surface area contributed by atoms with Gasteiger partial charge in [0.2, 0.25) is 0 Å². The summed E-state index contributed by atoms with van der Waals surface area (Å²) in [7, 11) is 0. The number of hydrogen-bond acceptors (Lipinski definition) is 4. The van der Waals surface area contributed by atoms with Gasteiger partial charge in [0.25, 0.3) is 5.56 Å². The van der Waals surface area contributed by atoms with E-state index in [4.69, 9.17) is 18.0 Å². The van der Waals surface area contributed by atoms with Gasteiger partial charge in [-0.25, -0.2) is 4.79 Å². The highest BCUT2D eigenvalue weighted by molar-refractivity contribution is 7.80. The third kappa shape index (κ3) is 5.45. The van der Waals surface area contributed by atoms with Gasteiger partial charge in [-0.15, -0.1) is 0 Å². The zero-order valence-electron chi connectivity index (χ0n) is 16.5. The number of rotatable bonds is 9. The Morgan fingerprint density at radius 3 is 2.50 bits per heavy atom. The zero-order chi connectivity index (χ0) is 20.5. The van der Waals surface area contributed by atoms with Gasteiger partial charge >= 0.3 is 5.69 Å². The first-order valence-electron chi connectivity index (χ1n) is 9.71.